The number of aromatic carboxylic acids is 1. The van der Waals surface area contributed by atoms with E-state index in [1.807, 2.05) is 13.8 Å². The molecule has 0 spiro atoms. The van der Waals surface area contributed by atoms with Crippen LogP contribution in [0.2, 0.25) is 0 Å². The van der Waals surface area contributed by atoms with E-state index in [0.717, 1.165) is 4.88 Å². The minimum atomic E-state index is -1.03. The molecule has 0 aliphatic rings. The Morgan fingerprint density at radius 1 is 1.67 bits per heavy atom. The number of ether oxygens (including phenoxy) is 1. The molecule has 0 aliphatic heterocycles. The maximum absolute atomic E-state index is 11.9. The molecule has 0 fully saturated rings. The van der Waals surface area contributed by atoms with Crippen LogP contribution < -0.4 is 4.74 Å². The van der Waals surface area contributed by atoms with Crippen LogP contribution in [0.25, 0.3) is 0 Å². The molecule has 0 aliphatic carbocycles. The number of carboxylic acid groups (broad SMARTS) is 1. The van der Waals surface area contributed by atoms with Gasteiger partial charge in [-0.25, -0.2) is 9.18 Å². The fourth-order valence-electron chi connectivity index (χ4n) is 1.08. The molecule has 1 rings (SSSR count). The average Bonchev–Trinajstić information content (AvgIpc) is 2.58. The van der Waals surface area contributed by atoms with E-state index in [-0.39, 0.29) is 23.2 Å². The molecule has 1 heterocycles. The summed E-state index contributed by atoms with van der Waals surface area (Å²) >= 11 is 1.18. The number of alkyl halides is 1. The van der Waals surface area contributed by atoms with Crippen molar-refractivity contribution in [3.63, 3.8) is 0 Å². The lowest BCUT2D eigenvalue weighted by Gasteiger charge is -2.01. The summed E-state index contributed by atoms with van der Waals surface area (Å²) in [7, 11) is 0. The van der Waals surface area contributed by atoms with Crippen molar-refractivity contribution in [2.45, 2.75) is 19.8 Å². The number of hydrogen-bond donors (Lipinski definition) is 1. The summed E-state index contributed by atoms with van der Waals surface area (Å²) in [6.07, 6.45) is 0. The number of carboxylic acids is 1. The van der Waals surface area contributed by atoms with Crippen LogP contribution >= 0.6 is 11.3 Å². The van der Waals surface area contributed by atoms with Gasteiger partial charge in [-0.1, -0.05) is 13.8 Å². The van der Waals surface area contributed by atoms with Gasteiger partial charge in [-0.05, 0) is 12.0 Å². The first-order chi connectivity index (χ1) is 7.06. The molecule has 0 unspecified atom stereocenters. The Labute approximate surface area is 91.5 Å². The van der Waals surface area contributed by atoms with Crippen molar-refractivity contribution in [2.75, 3.05) is 13.3 Å². The number of thiophene rings is 1. The minimum Gasteiger partial charge on any atom is -0.489 e. The van der Waals surface area contributed by atoms with Crippen molar-refractivity contribution in [1.82, 2.24) is 0 Å². The van der Waals surface area contributed by atoms with E-state index in [0.29, 0.717) is 0 Å². The predicted molar refractivity (Wildman–Crippen MR) is 56.8 cm³/mol. The van der Waals surface area contributed by atoms with E-state index < -0.39 is 12.6 Å². The lowest BCUT2D eigenvalue weighted by molar-refractivity contribution is 0.0697. The fraction of sp³-hybridized carbons (Fsp3) is 0.500. The third-order valence-corrected chi connectivity index (χ3v) is 3.22. The topological polar surface area (TPSA) is 46.5 Å². The van der Waals surface area contributed by atoms with Crippen molar-refractivity contribution in [1.29, 1.82) is 0 Å². The highest BCUT2D eigenvalue weighted by atomic mass is 32.1. The minimum absolute atomic E-state index is 0.103. The van der Waals surface area contributed by atoms with Crippen LogP contribution in [0.1, 0.15) is 34.3 Å². The Morgan fingerprint density at radius 2 is 2.33 bits per heavy atom. The van der Waals surface area contributed by atoms with E-state index in [9.17, 15) is 9.18 Å². The maximum atomic E-state index is 11.9. The SMILES string of the molecule is CC(C)c1cc(OCCF)c(C(=O)O)s1. The molecule has 0 atom stereocenters. The van der Waals surface area contributed by atoms with Gasteiger partial charge in [-0.3, -0.25) is 0 Å². The first-order valence-electron chi connectivity index (χ1n) is 4.62. The second kappa shape index (κ2) is 5.11. The van der Waals surface area contributed by atoms with Gasteiger partial charge in [0.1, 0.15) is 19.0 Å². The second-order valence-corrected chi connectivity index (χ2v) is 4.42. The Bertz CT molecular complexity index is 346. The quantitative estimate of drug-likeness (QED) is 0.849. The van der Waals surface area contributed by atoms with Gasteiger partial charge in [0, 0.05) is 4.88 Å². The molecule has 0 radical (unpaired) electrons. The van der Waals surface area contributed by atoms with E-state index in [2.05, 4.69) is 0 Å². The summed E-state index contributed by atoms with van der Waals surface area (Å²) < 4.78 is 16.9. The van der Waals surface area contributed by atoms with Crippen LogP contribution in [0.15, 0.2) is 6.07 Å². The molecule has 5 heteroatoms. The molecular weight excluding hydrogens is 219 g/mol. The number of rotatable bonds is 5. The largest absolute Gasteiger partial charge is 0.489 e. The summed E-state index contributed by atoms with van der Waals surface area (Å²) in [5.41, 5.74) is 0. The Balaban J connectivity index is 2.95. The van der Waals surface area contributed by atoms with Crippen LogP contribution in [-0.4, -0.2) is 24.4 Å². The zero-order valence-corrected chi connectivity index (χ0v) is 9.44. The zero-order valence-electron chi connectivity index (χ0n) is 8.62. The van der Waals surface area contributed by atoms with Gasteiger partial charge in [0.25, 0.3) is 0 Å². The van der Waals surface area contributed by atoms with Gasteiger partial charge < -0.3 is 9.84 Å². The van der Waals surface area contributed by atoms with E-state index in [1.54, 1.807) is 6.07 Å². The van der Waals surface area contributed by atoms with Gasteiger partial charge in [0.15, 0.2) is 4.88 Å². The van der Waals surface area contributed by atoms with Crippen molar-refractivity contribution in [3.05, 3.63) is 15.8 Å². The molecule has 1 aromatic heterocycles. The highest BCUT2D eigenvalue weighted by Crippen LogP contribution is 2.33. The molecule has 0 saturated carbocycles. The van der Waals surface area contributed by atoms with E-state index in [4.69, 9.17) is 9.84 Å². The lowest BCUT2D eigenvalue weighted by atomic mass is 10.2. The first-order valence-corrected chi connectivity index (χ1v) is 5.43. The summed E-state index contributed by atoms with van der Waals surface area (Å²) in [4.78, 5) is 11.9. The molecular formula is C10H13FO3S. The second-order valence-electron chi connectivity index (χ2n) is 3.34. The Hall–Kier alpha value is -1.10. The van der Waals surface area contributed by atoms with Gasteiger partial charge >= 0.3 is 5.97 Å². The normalized spacial score (nSPS) is 10.7. The molecule has 1 N–H and O–H groups in total. The van der Waals surface area contributed by atoms with Crippen molar-refractivity contribution >= 4 is 17.3 Å². The maximum Gasteiger partial charge on any atom is 0.349 e. The van der Waals surface area contributed by atoms with Crippen molar-refractivity contribution in [3.8, 4) is 5.75 Å². The third-order valence-electron chi connectivity index (χ3n) is 1.82. The Kier molecular flexibility index (Phi) is 4.08. The Morgan fingerprint density at radius 3 is 2.80 bits per heavy atom. The van der Waals surface area contributed by atoms with Crippen LogP contribution in [0.5, 0.6) is 5.75 Å². The summed E-state index contributed by atoms with van der Waals surface area (Å²) in [5.74, 6) is -0.509. The number of halogens is 1. The van der Waals surface area contributed by atoms with E-state index >= 15 is 0 Å². The first kappa shape index (κ1) is 12.0. The average molecular weight is 232 g/mol. The highest BCUT2D eigenvalue weighted by Gasteiger charge is 2.17. The van der Waals surface area contributed by atoms with Crippen LogP contribution in [0.4, 0.5) is 4.39 Å². The summed E-state index contributed by atoms with van der Waals surface area (Å²) in [6, 6.07) is 1.68. The van der Waals surface area contributed by atoms with E-state index in [1.165, 1.54) is 11.3 Å². The van der Waals surface area contributed by atoms with Gasteiger partial charge in [-0.2, -0.15) is 0 Å². The standard InChI is InChI=1S/C10H13FO3S/c1-6(2)8-5-7(14-4-3-11)9(15-8)10(12)13/h5-6H,3-4H2,1-2H3,(H,12,13). The van der Waals surface area contributed by atoms with Crippen LogP contribution in [0.3, 0.4) is 0 Å². The zero-order chi connectivity index (χ0) is 11.4. The van der Waals surface area contributed by atoms with Gasteiger partial charge in [0.05, 0.1) is 0 Å². The summed E-state index contributed by atoms with van der Waals surface area (Å²) in [6.45, 7) is 3.22. The molecule has 0 saturated heterocycles. The smallest absolute Gasteiger partial charge is 0.349 e. The number of hydrogen-bond acceptors (Lipinski definition) is 3. The van der Waals surface area contributed by atoms with Crippen molar-refractivity contribution in [2.24, 2.45) is 0 Å². The molecule has 0 bridgehead atoms. The monoisotopic (exact) mass is 232 g/mol. The molecule has 84 valence electrons. The molecule has 0 amide bonds. The third kappa shape index (κ3) is 2.92. The molecule has 0 aromatic carbocycles. The molecule has 15 heavy (non-hydrogen) atoms. The number of carbonyl (C=O) groups is 1. The predicted octanol–water partition coefficient (Wildman–Crippen LogP) is 2.92. The van der Waals surface area contributed by atoms with Gasteiger partial charge in [0.2, 0.25) is 0 Å². The van der Waals surface area contributed by atoms with Crippen molar-refractivity contribution < 1.29 is 19.0 Å². The van der Waals surface area contributed by atoms with Crippen LogP contribution in [-0.2, 0) is 0 Å². The molecule has 3 nitrogen and oxygen atoms in total. The van der Waals surface area contributed by atoms with Gasteiger partial charge in [-0.15, -0.1) is 11.3 Å². The fourth-order valence-corrected chi connectivity index (χ4v) is 2.02. The lowest BCUT2D eigenvalue weighted by Crippen LogP contribution is -2.02. The molecule has 1 aromatic rings. The van der Waals surface area contributed by atoms with Crippen LogP contribution in [0, 0.1) is 0 Å². The highest BCUT2D eigenvalue weighted by molar-refractivity contribution is 7.14. The summed E-state index contributed by atoms with van der Waals surface area (Å²) in [5, 5.41) is 8.90.